The number of hydrogen-bond donors (Lipinski definition) is 3. The Bertz CT molecular complexity index is 353. The van der Waals surface area contributed by atoms with Gasteiger partial charge in [0, 0.05) is 20.7 Å². The van der Waals surface area contributed by atoms with Crippen LogP contribution in [0, 0.1) is 0 Å². The average Bonchev–Trinajstić information content (AvgIpc) is 2.84. The number of ether oxygens (including phenoxy) is 1. The first-order valence-electron chi connectivity index (χ1n) is 7.09. The van der Waals surface area contributed by atoms with Crippen LogP contribution in [0.4, 0.5) is 0 Å². The van der Waals surface area contributed by atoms with Crippen molar-refractivity contribution < 1.29 is 20.1 Å². The Balaban J connectivity index is 1.91. The first-order valence-corrected chi connectivity index (χ1v) is 7.96. The van der Waals surface area contributed by atoms with Gasteiger partial charge in [-0.1, -0.05) is 24.6 Å². The van der Waals surface area contributed by atoms with E-state index in [-0.39, 0.29) is 24.2 Å². The van der Waals surface area contributed by atoms with Crippen molar-refractivity contribution in [2.75, 3.05) is 20.7 Å². The molecule has 2 rings (SSSR count). The van der Waals surface area contributed by atoms with Crippen LogP contribution in [-0.4, -0.2) is 75.9 Å². The molecule has 1 fully saturated rings. The summed E-state index contributed by atoms with van der Waals surface area (Å²) in [5, 5.41) is 29.9. The van der Waals surface area contributed by atoms with E-state index in [0.29, 0.717) is 6.42 Å². The Morgan fingerprint density at radius 3 is 2.60 bits per heavy atom. The molecule has 2 heterocycles. The normalized spacial score (nSPS) is 36.6. The third-order valence-corrected chi connectivity index (χ3v) is 4.98. The van der Waals surface area contributed by atoms with Crippen LogP contribution in [0.15, 0.2) is 4.99 Å². The second-order valence-corrected chi connectivity index (χ2v) is 6.58. The van der Waals surface area contributed by atoms with Crippen LogP contribution < -0.4 is 0 Å². The van der Waals surface area contributed by atoms with Gasteiger partial charge < -0.3 is 25.0 Å². The van der Waals surface area contributed by atoms with Gasteiger partial charge in [0.2, 0.25) is 0 Å². The lowest BCUT2D eigenvalue weighted by Crippen LogP contribution is -2.54. The monoisotopic (exact) mass is 304 g/mol. The van der Waals surface area contributed by atoms with Crippen LogP contribution in [0.25, 0.3) is 0 Å². The summed E-state index contributed by atoms with van der Waals surface area (Å²) in [5.41, 5.74) is -0.214. The van der Waals surface area contributed by atoms with Crippen molar-refractivity contribution in [1.29, 1.82) is 0 Å². The Hall–Kier alpha value is -0.340. The van der Waals surface area contributed by atoms with Gasteiger partial charge in [-0.2, -0.15) is 0 Å². The van der Waals surface area contributed by atoms with Gasteiger partial charge in [-0.3, -0.25) is 4.99 Å². The van der Waals surface area contributed by atoms with E-state index in [1.54, 1.807) is 0 Å². The smallest absolute Gasteiger partial charge is 0.161 e. The van der Waals surface area contributed by atoms with Gasteiger partial charge in [0.05, 0.1) is 6.10 Å². The third-order valence-electron chi connectivity index (χ3n) is 3.68. The number of hydrogen-bond acceptors (Lipinski definition) is 7. The molecule has 0 saturated carbocycles. The van der Waals surface area contributed by atoms with E-state index in [4.69, 9.17) is 9.84 Å². The first kappa shape index (κ1) is 16.0. The molecule has 2 aliphatic heterocycles. The lowest BCUT2D eigenvalue weighted by atomic mass is 9.95. The lowest BCUT2D eigenvalue weighted by molar-refractivity contribution is -0.154. The van der Waals surface area contributed by atoms with Crippen LogP contribution in [-0.2, 0) is 4.74 Å². The number of nitrogens with zero attached hydrogens (tertiary/aromatic N) is 2. The summed E-state index contributed by atoms with van der Waals surface area (Å²) in [6, 6.07) is -0.388. The fourth-order valence-corrected chi connectivity index (χ4v) is 3.67. The average molecular weight is 304 g/mol. The maximum absolute atomic E-state index is 10.2. The van der Waals surface area contributed by atoms with E-state index in [9.17, 15) is 10.2 Å². The summed E-state index contributed by atoms with van der Waals surface area (Å²) in [7, 11) is 3.80. The molecular formula is C13H24N2O4S. The van der Waals surface area contributed by atoms with Crippen molar-refractivity contribution in [1.82, 2.24) is 4.90 Å². The maximum atomic E-state index is 10.2. The minimum atomic E-state index is -0.892. The van der Waals surface area contributed by atoms with E-state index in [2.05, 4.69) is 4.99 Å². The van der Waals surface area contributed by atoms with Gasteiger partial charge in [-0.15, -0.1) is 0 Å². The Labute approximate surface area is 123 Å². The van der Waals surface area contributed by atoms with Crippen molar-refractivity contribution >= 4 is 16.9 Å². The number of amidine groups is 1. The second kappa shape index (κ2) is 7.09. The molecule has 0 aromatic rings. The summed E-state index contributed by atoms with van der Waals surface area (Å²) in [5.74, 6) is 0. The van der Waals surface area contributed by atoms with E-state index in [1.807, 2.05) is 19.0 Å². The number of aliphatic imine (C=N–C) groups is 1. The lowest BCUT2D eigenvalue weighted by Gasteiger charge is -2.38. The number of unbranched alkanes of at least 4 members (excludes halogenated alkanes) is 2. The molecule has 6 nitrogen and oxygen atoms in total. The van der Waals surface area contributed by atoms with Gasteiger partial charge in [-0.05, 0) is 12.8 Å². The van der Waals surface area contributed by atoms with E-state index < -0.39 is 12.2 Å². The molecule has 0 amide bonds. The van der Waals surface area contributed by atoms with E-state index in [0.717, 1.165) is 24.4 Å². The number of fused-ring (bicyclic) bond motifs is 1. The van der Waals surface area contributed by atoms with Crippen LogP contribution in [0.3, 0.4) is 0 Å². The van der Waals surface area contributed by atoms with Gasteiger partial charge >= 0.3 is 0 Å². The topological polar surface area (TPSA) is 85.5 Å². The molecule has 1 unspecified atom stereocenters. The second-order valence-electron chi connectivity index (χ2n) is 5.51. The number of aliphatic hydroxyl groups excluding tert-OH is 3. The molecule has 0 aromatic heterocycles. The van der Waals surface area contributed by atoms with Crippen LogP contribution in [0.2, 0.25) is 0 Å². The summed E-state index contributed by atoms with van der Waals surface area (Å²) in [6.07, 6.45) is 1.12. The SMILES string of the molecule is CN(C)C1=N[C@H]2[C@H](O[C@H](CCCCCO)C(O)[C@@H]2O)S1. The van der Waals surface area contributed by atoms with Gasteiger partial charge in [0.25, 0.3) is 0 Å². The Morgan fingerprint density at radius 1 is 1.20 bits per heavy atom. The Kier molecular flexibility index (Phi) is 5.68. The molecule has 7 heteroatoms. The largest absolute Gasteiger partial charge is 0.396 e. The van der Waals surface area contributed by atoms with Gasteiger partial charge in [0.15, 0.2) is 5.17 Å². The summed E-state index contributed by atoms with van der Waals surface area (Å²) < 4.78 is 5.90. The first-order chi connectivity index (χ1) is 9.54. The molecule has 1 saturated heterocycles. The quantitative estimate of drug-likeness (QED) is 0.621. The van der Waals surface area contributed by atoms with Crippen LogP contribution in [0.5, 0.6) is 0 Å². The molecule has 0 radical (unpaired) electrons. The highest BCUT2D eigenvalue weighted by Gasteiger charge is 2.48. The van der Waals surface area contributed by atoms with Gasteiger partial charge in [-0.25, -0.2) is 0 Å². The molecule has 0 aliphatic carbocycles. The summed E-state index contributed by atoms with van der Waals surface area (Å²) >= 11 is 1.50. The van der Waals surface area contributed by atoms with Crippen LogP contribution in [0.1, 0.15) is 25.7 Å². The number of thioether (sulfide) groups is 1. The molecule has 20 heavy (non-hydrogen) atoms. The van der Waals surface area contributed by atoms with Crippen molar-refractivity contribution in [2.24, 2.45) is 4.99 Å². The fourth-order valence-electron chi connectivity index (χ4n) is 2.51. The zero-order valence-corrected chi connectivity index (χ0v) is 12.8. The standard InChI is InChI=1S/C13H24N2O4S/c1-15(2)13-14-9-11(18)10(17)8(19-12(9)20-13)6-4-3-5-7-16/h8-12,16-18H,3-7H2,1-2H3/t8-,9-,10?,11-,12-/m1/s1. The third kappa shape index (κ3) is 3.46. The molecule has 0 bridgehead atoms. The molecule has 116 valence electrons. The maximum Gasteiger partial charge on any atom is 0.161 e. The molecule has 5 atom stereocenters. The number of aliphatic hydroxyl groups is 3. The Morgan fingerprint density at radius 2 is 1.95 bits per heavy atom. The van der Waals surface area contributed by atoms with Crippen molar-refractivity contribution in [3.05, 3.63) is 0 Å². The fraction of sp³-hybridized carbons (Fsp3) is 0.923. The van der Waals surface area contributed by atoms with Crippen molar-refractivity contribution in [3.63, 3.8) is 0 Å². The molecule has 0 aromatic carbocycles. The highest BCUT2D eigenvalue weighted by molar-refractivity contribution is 8.14. The molecule has 0 spiro atoms. The van der Waals surface area contributed by atoms with Gasteiger partial charge in [0.1, 0.15) is 23.7 Å². The minimum Gasteiger partial charge on any atom is -0.396 e. The summed E-state index contributed by atoms with van der Waals surface area (Å²) in [4.78, 5) is 6.31. The predicted octanol–water partition coefficient (Wildman–Crippen LogP) is 0.0188. The molecule has 3 N–H and O–H groups in total. The predicted molar refractivity (Wildman–Crippen MR) is 78.7 cm³/mol. The van der Waals surface area contributed by atoms with E-state index >= 15 is 0 Å². The summed E-state index contributed by atoms with van der Waals surface area (Å²) in [6.45, 7) is 0.192. The van der Waals surface area contributed by atoms with Crippen molar-refractivity contribution in [3.8, 4) is 0 Å². The minimum absolute atomic E-state index is 0.192. The zero-order chi connectivity index (χ0) is 14.7. The highest BCUT2D eigenvalue weighted by Crippen LogP contribution is 2.38. The zero-order valence-electron chi connectivity index (χ0n) is 12.0. The molecule has 2 aliphatic rings. The van der Waals surface area contributed by atoms with Crippen LogP contribution >= 0.6 is 11.8 Å². The highest BCUT2D eigenvalue weighted by atomic mass is 32.2. The number of rotatable bonds is 5. The molecular weight excluding hydrogens is 280 g/mol. The van der Waals surface area contributed by atoms with Crippen molar-refractivity contribution in [2.45, 2.75) is 55.5 Å². The van der Waals surface area contributed by atoms with E-state index in [1.165, 1.54) is 11.8 Å².